The van der Waals surface area contributed by atoms with E-state index in [4.69, 9.17) is 0 Å². The molecule has 1 aromatic rings. The van der Waals surface area contributed by atoms with Gasteiger partial charge < -0.3 is 10.2 Å². The third-order valence-electron chi connectivity index (χ3n) is 4.58. The lowest BCUT2D eigenvalue weighted by atomic mass is 9.96. The molecule has 1 saturated heterocycles. The first-order valence-electron chi connectivity index (χ1n) is 8.86. The van der Waals surface area contributed by atoms with Crippen LogP contribution in [-0.2, 0) is 4.79 Å². The molecule has 0 saturated carbocycles. The molecule has 1 atom stereocenters. The summed E-state index contributed by atoms with van der Waals surface area (Å²) in [5.41, 5.74) is 1.12. The Morgan fingerprint density at radius 3 is 2.45 bits per heavy atom. The molecule has 1 unspecified atom stereocenters. The number of likely N-dealkylation sites (tertiary alicyclic amines) is 1. The summed E-state index contributed by atoms with van der Waals surface area (Å²) in [6.07, 6.45) is 7.32. The Hall–Kier alpha value is -1.35. The molecule has 1 aromatic carbocycles. The minimum Gasteiger partial charge on any atom is -0.356 e. The summed E-state index contributed by atoms with van der Waals surface area (Å²) in [5, 5.41) is 3.12. The standard InChI is InChI=1S/C19H30N2O/c1-2-18(17-11-6-5-7-12-17)19(22)20-13-10-16-21-14-8-3-4-9-15-21/h5-7,11-12,18H,2-4,8-10,13-16H2,1H3,(H,20,22). The first kappa shape index (κ1) is 17.0. The zero-order valence-corrected chi connectivity index (χ0v) is 13.9. The maximum absolute atomic E-state index is 12.4. The molecule has 0 spiro atoms. The Labute approximate surface area is 135 Å². The number of hydrogen-bond acceptors (Lipinski definition) is 2. The molecular formula is C19H30N2O. The predicted molar refractivity (Wildman–Crippen MR) is 92.0 cm³/mol. The van der Waals surface area contributed by atoms with Gasteiger partial charge in [0.25, 0.3) is 0 Å². The Kier molecular flexibility index (Phi) is 7.44. The molecule has 3 heteroatoms. The van der Waals surface area contributed by atoms with E-state index in [1.165, 1.54) is 38.8 Å². The number of nitrogens with one attached hydrogen (secondary N) is 1. The second-order valence-electron chi connectivity index (χ2n) is 6.27. The zero-order valence-electron chi connectivity index (χ0n) is 13.9. The van der Waals surface area contributed by atoms with Crippen molar-refractivity contribution < 1.29 is 4.79 Å². The fourth-order valence-electron chi connectivity index (χ4n) is 3.26. The Balaban J connectivity index is 1.70. The number of nitrogens with zero attached hydrogens (tertiary/aromatic N) is 1. The minimum absolute atomic E-state index is 0.0145. The fourth-order valence-corrected chi connectivity index (χ4v) is 3.26. The van der Waals surface area contributed by atoms with E-state index in [2.05, 4.69) is 17.1 Å². The summed E-state index contributed by atoms with van der Waals surface area (Å²) < 4.78 is 0. The van der Waals surface area contributed by atoms with E-state index >= 15 is 0 Å². The largest absolute Gasteiger partial charge is 0.356 e. The van der Waals surface area contributed by atoms with Gasteiger partial charge in [-0.3, -0.25) is 4.79 Å². The molecule has 1 aliphatic rings. The molecule has 1 fully saturated rings. The van der Waals surface area contributed by atoms with Crippen molar-refractivity contribution in [3.05, 3.63) is 35.9 Å². The molecule has 122 valence electrons. The van der Waals surface area contributed by atoms with E-state index in [9.17, 15) is 4.79 Å². The van der Waals surface area contributed by atoms with Gasteiger partial charge in [0.15, 0.2) is 0 Å². The highest BCUT2D eigenvalue weighted by molar-refractivity contribution is 5.83. The number of carbonyl (C=O) groups is 1. The number of hydrogen-bond donors (Lipinski definition) is 1. The first-order valence-corrected chi connectivity index (χ1v) is 8.86. The van der Waals surface area contributed by atoms with Crippen molar-refractivity contribution in [3.8, 4) is 0 Å². The van der Waals surface area contributed by atoms with Crippen LogP contribution in [0.2, 0.25) is 0 Å². The van der Waals surface area contributed by atoms with Gasteiger partial charge >= 0.3 is 0 Å². The summed E-state index contributed by atoms with van der Waals surface area (Å²) in [6.45, 7) is 6.45. The number of carbonyl (C=O) groups excluding carboxylic acids is 1. The second-order valence-corrected chi connectivity index (χ2v) is 6.27. The molecule has 1 aliphatic heterocycles. The van der Waals surface area contributed by atoms with Crippen molar-refractivity contribution in [2.24, 2.45) is 0 Å². The Morgan fingerprint density at radius 1 is 1.14 bits per heavy atom. The summed E-state index contributed by atoms with van der Waals surface area (Å²) in [6, 6.07) is 10.1. The maximum Gasteiger partial charge on any atom is 0.227 e. The Morgan fingerprint density at radius 2 is 1.82 bits per heavy atom. The third kappa shape index (κ3) is 5.45. The zero-order chi connectivity index (χ0) is 15.6. The van der Waals surface area contributed by atoms with Crippen molar-refractivity contribution in [3.63, 3.8) is 0 Å². The smallest absolute Gasteiger partial charge is 0.227 e. The summed E-state index contributed by atoms with van der Waals surface area (Å²) in [7, 11) is 0. The van der Waals surface area contributed by atoms with Crippen LogP contribution in [0.25, 0.3) is 0 Å². The average molecular weight is 302 g/mol. The quantitative estimate of drug-likeness (QED) is 0.781. The third-order valence-corrected chi connectivity index (χ3v) is 4.58. The van der Waals surface area contributed by atoms with Gasteiger partial charge in [-0.1, -0.05) is 50.1 Å². The lowest BCUT2D eigenvalue weighted by Crippen LogP contribution is -2.33. The first-order chi connectivity index (χ1) is 10.8. The van der Waals surface area contributed by atoms with Gasteiger partial charge in [-0.25, -0.2) is 0 Å². The Bertz CT molecular complexity index is 424. The molecule has 0 aliphatic carbocycles. The fraction of sp³-hybridized carbons (Fsp3) is 0.632. The van der Waals surface area contributed by atoms with Gasteiger partial charge in [0.1, 0.15) is 0 Å². The summed E-state index contributed by atoms with van der Waals surface area (Å²) in [4.78, 5) is 14.9. The predicted octanol–water partition coefficient (Wildman–Crippen LogP) is 3.56. The molecular weight excluding hydrogens is 272 g/mol. The molecule has 1 amide bonds. The van der Waals surface area contributed by atoms with Crippen LogP contribution in [0.5, 0.6) is 0 Å². The van der Waals surface area contributed by atoms with E-state index in [-0.39, 0.29) is 11.8 Å². The van der Waals surface area contributed by atoms with Crippen molar-refractivity contribution in [1.29, 1.82) is 0 Å². The monoisotopic (exact) mass is 302 g/mol. The van der Waals surface area contributed by atoms with Crippen LogP contribution in [0.3, 0.4) is 0 Å². The van der Waals surface area contributed by atoms with Crippen molar-refractivity contribution >= 4 is 5.91 Å². The molecule has 22 heavy (non-hydrogen) atoms. The van der Waals surface area contributed by atoms with Crippen molar-refractivity contribution in [2.75, 3.05) is 26.2 Å². The van der Waals surface area contributed by atoms with Crippen LogP contribution in [0.15, 0.2) is 30.3 Å². The maximum atomic E-state index is 12.4. The molecule has 0 radical (unpaired) electrons. The van der Waals surface area contributed by atoms with Crippen LogP contribution < -0.4 is 5.32 Å². The van der Waals surface area contributed by atoms with Gasteiger partial charge in [0, 0.05) is 6.54 Å². The molecule has 0 bridgehead atoms. The van der Waals surface area contributed by atoms with E-state index in [1.54, 1.807) is 0 Å². The van der Waals surface area contributed by atoms with Crippen LogP contribution in [-0.4, -0.2) is 37.0 Å². The van der Waals surface area contributed by atoms with E-state index in [0.29, 0.717) is 0 Å². The highest BCUT2D eigenvalue weighted by Crippen LogP contribution is 2.19. The molecule has 3 nitrogen and oxygen atoms in total. The highest BCUT2D eigenvalue weighted by Gasteiger charge is 2.17. The topological polar surface area (TPSA) is 32.3 Å². The van der Waals surface area contributed by atoms with Gasteiger partial charge in [-0.05, 0) is 50.9 Å². The molecule has 2 rings (SSSR count). The van der Waals surface area contributed by atoms with Crippen molar-refractivity contribution in [2.45, 2.75) is 51.4 Å². The molecule has 1 heterocycles. The molecule has 1 N–H and O–H groups in total. The van der Waals surface area contributed by atoms with Crippen LogP contribution >= 0.6 is 0 Å². The van der Waals surface area contributed by atoms with Gasteiger partial charge in [-0.2, -0.15) is 0 Å². The van der Waals surface area contributed by atoms with E-state index < -0.39 is 0 Å². The van der Waals surface area contributed by atoms with Crippen LogP contribution in [0.1, 0.15) is 56.9 Å². The normalized spacial score (nSPS) is 17.7. The van der Waals surface area contributed by atoms with E-state index in [0.717, 1.165) is 31.5 Å². The molecule has 0 aromatic heterocycles. The van der Waals surface area contributed by atoms with Crippen molar-refractivity contribution in [1.82, 2.24) is 10.2 Å². The number of amides is 1. The van der Waals surface area contributed by atoms with Gasteiger partial charge in [0.2, 0.25) is 5.91 Å². The minimum atomic E-state index is -0.0145. The lowest BCUT2D eigenvalue weighted by Gasteiger charge is -2.20. The number of benzene rings is 1. The average Bonchev–Trinajstić information content (AvgIpc) is 2.82. The van der Waals surface area contributed by atoms with E-state index in [1.807, 2.05) is 30.3 Å². The number of rotatable bonds is 7. The van der Waals surface area contributed by atoms with Gasteiger partial charge in [0.05, 0.1) is 5.92 Å². The highest BCUT2D eigenvalue weighted by atomic mass is 16.1. The van der Waals surface area contributed by atoms with Crippen LogP contribution in [0.4, 0.5) is 0 Å². The van der Waals surface area contributed by atoms with Crippen LogP contribution in [0, 0.1) is 0 Å². The summed E-state index contributed by atoms with van der Waals surface area (Å²) in [5.74, 6) is 0.156. The summed E-state index contributed by atoms with van der Waals surface area (Å²) >= 11 is 0. The lowest BCUT2D eigenvalue weighted by molar-refractivity contribution is -0.122. The SMILES string of the molecule is CCC(C(=O)NCCCN1CCCCCC1)c1ccccc1. The van der Waals surface area contributed by atoms with Gasteiger partial charge in [-0.15, -0.1) is 0 Å². The second kappa shape index (κ2) is 9.62.